The van der Waals surface area contributed by atoms with Crippen molar-refractivity contribution in [3.05, 3.63) is 42.5 Å². The summed E-state index contributed by atoms with van der Waals surface area (Å²) in [6, 6.07) is 5.93. The van der Waals surface area contributed by atoms with Crippen LogP contribution in [0.2, 0.25) is 0 Å². The van der Waals surface area contributed by atoms with E-state index in [2.05, 4.69) is 28.4 Å². The van der Waals surface area contributed by atoms with E-state index in [9.17, 15) is 13.2 Å². The minimum atomic E-state index is -3.56. The molecule has 1 fully saturated rings. The number of sulfonamides is 1. The lowest BCUT2D eigenvalue weighted by molar-refractivity contribution is 0.0943. The fraction of sp³-hybridized carbons (Fsp3) is 0.500. The Morgan fingerprint density at radius 3 is 2.72 bits per heavy atom. The molecular weight excluding hydrogens is 338 g/mol. The van der Waals surface area contributed by atoms with Gasteiger partial charge in [0.05, 0.1) is 4.90 Å². The second kappa shape index (κ2) is 9.12. The zero-order valence-corrected chi connectivity index (χ0v) is 15.5. The summed E-state index contributed by atoms with van der Waals surface area (Å²) in [6.45, 7) is 9.50. The van der Waals surface area contributed by atoms with Crippen LogP contribution >= 0.6 is 0 Å². The molecule has 1 amide bonds. The number of amides is 1. The van der Waals surface area contributed by atoms with Crippen LogP contribution in [-0.4, -0.2) is 51.9 Å². The predicted molar refractivity (Wildman–Crippen MR) is 99.0 cm³/mol. The molecule has 0 radical (unpaired) electrons. The second-order valence-electron chi connectivity index (χ2n) is 6.47. The number of rotatable bonds is 8. The quantitative estimate of drug-likeness (QED) is 0.686. The van der Waals surface area contributed by atoms with E-state index in [0.29, 0.717) is 18.0 Å². The van der Waals surface area contributed by atoms with E-state index in [1.165, 1.54) is 43.2 Å². The minimum absolute atomic E-state index is 0.133. The van der Waals surface area contributed by atoms with Gasteiger partial charge in [-0.3, -0.25) is 4.79 Å². The number of benzene rings is 1. The van der Waals surface area contributed by atoms with Crippen molar-refractivity contribution in [1.29, 1.82) is 0 Å². The lowest BCUT2D eigenvalue weighted by atomic mass is 10.0. The third kappa shape index (κ3) is 5.95. The molecule has 2 rings (SSSR count). The van der Waals surface area contributed by atoms with Crippen LogP contribution in [0.4, 0.5) is 0 Å². The van der Waals surface area contributed by atoms with Gasteiger partial charge in [0.15, 0.2) is 0 Å². The molecule has 2 N–H and O–H groups in total. The monoisotopic (exact) mass is 365 g/mol. The molecule has 0 aliphatic carbocycles. The van der Waals surface area contributed by atoms with Crippen LogP contribution in [0.5, 0.6) is 0 Å². The molecular formula is C18H27N3O3S. The van der Waals surface area contributed by atoms with Crippen molar-refractivity contribution in [2.75, 3.05) is 32.7 Å². The van der Waals surface area contributed by atoms with Crippen molar-refractivity contribution in [2.45, 2.75) is 24.7 Å². The lowest BCUT2D eigenvalue weighted by Gasteiger charge is -2.30. The Bertz CT molecular complexity index is 686. The Balaban J connectivity index is 1.84. The topological polar surface area (TPSA) is 78.5 Å². The first-order valence-electron chi connectivity index (χ1n) is 8.63. The van der Waals surface area contributed by atoms with E-state index in [1.54, 1.807) is 0 Å². The maximum absolute atomic E-state index is 12.2. The highest BCUT2D eigenvalue weighted by atomic mass is 32.2. The zero-order chi connectivity index (χ0) is 18.3. The lowest BCUT2D eigenvalue weighted by Crippen LogP contribution is -2.40. The highest BCUT2D eigenvalue weighted by Crippen LogP contribution is 2.14. The Kier molecular flexibility index (Phi) is 7.16. The van der Waals surface area contributed by atoms with Crippen LogP contribution in [0.3, 0.4) is 0 Å². The predicted octanol–water partition coefficient (Wildman–Crippen LogP) is 1.61. The first-order chi connectivity index (χ1) is 11.9. The summed E-state index contributed by atoms with van der Waals surface area (Å²) >= 11 is 0. The molecule has 0 spiro atoms. The normalized spacial score (nSPS) is 18.7. The molecule has 1 aromatic rings. The van der Waals surface area contributed by atoms with Crippen molar-refractivity contribution < 1.29 is 13.2 Å². The van der Waals surface area contributed by atoms with Gasteiger partial charge in [-0.2, -0.15) is 0 Å². The Labute approximate surface area is 150 Å². The summed E-state index contributed by atoms with van der Waals surface area (Å²) in [5, 5.41) is 2.89. The van der Waals surface area contributed by atoms with Crippen molar-refractivity contribution in [1.82, 2.24) is 14.9 Å². The summed E-state index contributed by atoms with van der Waals surface area (Å²) in [4.78, 5) is 14.7. The zero-order valence-electron chi connectivity index (χ0n) is 14.7. The third-order valence-corrected chi connectivity index (χ3v) is 5.74. The van der Waals surface area contributed by atoms with Crippen LogP contribution in [0.25, 0.3) is 0 Å². The maximum atomic E-state index is 12.2. The van der Waals surface area contributed by atoms with Crippen LogP contribution in [-0.2, 0) is 10.0 Å². The van der Waals surface area contributed by atoms with Gasteiger partial charge in [-0.15, -0.1) is 6.58 Å². The molecule has 6 nitrogen and oxygen atoms in total. The molecule has 25 heavy (non-hydrogen) atoms. The molecule has 1 aliphatic rings. The Morgan fingerprint density at radius 1 is 1.36 bits per heavy atom. The number of hydrogen-bond acceptors (Lipinski definition) is 4. The molecule has 138 valence electrons. The van der Waals surface area contributed by atoms with Crippen LogP contribution in [0, 0.1) is 5.92 Å². The first-order valence-corrected chi connectivity index (χ1v) is 10.1. The molecule has 7 heteroatoms. The number of piperidine rings is 1. The Hall–Kier alpha value is -1.70. The molecule has 0 unspecified atom stereocenters. The van der Waals surface area contributed by atoms with E-state index >= 15 is 0 Å². The van der Waals surface area contributed by atoms with Crippen molar-refractivity contribution >= 4 is 15.9 Å². The largest absolute Gasteiger partial charge is 0.351 e. The van der Waals surface area contributed by atoms with Gasteiger partial charge in [-0.05, 0) is 49.6 Å². The summed E-state index contributed by atoms with van der Waals surface area (Å²) < 4.78 is 26.4. The average molecular weight is 365 g/mol. The van der Waals surface area contributed by atoms with E-state index < -0.39 is 10.0 Å². The third-order valence-electron chi connectivity index (χ3n) is 4.30. The Morgan fingerprint density at radius 2 is 2.08 bits per heavy atom. The summed E-state index contributed by atoms with van der Waals surface area (Å²) in [5.74, 6) is 0.529. The van der Waals surface area contributed by atoms with Gasteiger partial charge in [-0.1, -0.05) is 13.0 Å². The van der Waals surface area contributed by atoms with E-state index in [-0.39, 0.29) is 17.3 Å². The number of likely N-dealkylation sites (tertiary alicyclic amines) is 1. The van der Waals surface area contributed by atoms with Gasteiger partial charge >= 0.3 is 0 Å². The molecule has 1 heterocycles. The number of carbonyl (C=O) groups is 1. The molecule has 0 bridgehead atoms. The van der Waals surface area contributed by atoms with Gasteiger partial charge in [0.25, 0.3) is 5.91 Å². The molecule has 1 atom stereocenters. The second-order valence-corrected chi connectivity index (χ2v) is 8.24. The number of hydrogen-bond donors (Lipinski definition) is 2. The van der Waals surface area contributed by atoms with E-state index in [1.807, 2.05) is 0 Å². The van der Waals surface area contributed by atoms with Crippen molar-refractivity contribution in [2.24, 2.45) is 5.92 Å². The van der Waals surface area contributed by atoms with Gasteiger partial charge in [0, 0.05) is 31.7 Å². The molecule has 0 aromatic heterocycles. The van der Waals surface area contributed by atoms with Crippen LogP contribution < -0.4 is 10.0 Å². The number of carbonyl (C=O) groups excluding carboxylic acids is 1. The van der Waals surface area contributed by atoms with Crippen LogP contribution in [0.1, 0.15) is 30.1 Å². The number of nitrogens with zero attached hydrogens (tertiary/aromatic N) is 1. The molecule has 1 aromatic carbocycles. The van der Waals surface area contributed by atoms with E-state index in [4.69, 9.17) is 0 Å². The number of nitrogens with one attached hydrogen (secondary N) is 2. The van der Waals surface area contributed by atoms with Gasteiger partial charge in [0.2, 0.25) is 10.0 Å². The fourth-order valence-corrected chi connectivity index (χ4v) is 3.96. The standard InChI is InChI=1S/C18H27N3O3S/c1-3-10-20-25(23,24)17-8-6-16(7-9-17)18(22)19-11-13-21-12-4-5-15(2)14-21/h3,6-9,15,20H,1,4-5,10-14H2,2H3,(H,19,22)/t15-/m1/s1. The van der Waals surface area contributed by atoms with Gasteiger partial charge < -0.3 is 10.2 Å². The fourth-order valence-electron chi connectivity index (χ4n) is 2.96. The van der Waals surface area contributed by atoms with Crippen molar-refractivity contribution in [3.63, 3.8) is 0 Å². The smallest absolute Gasteiger partial charge is 0.251 e. The summed E-state index contributed by atoms with van der Waals surface area (Å²) in [6.07, 6.45) is 3.97. The highest BCUT2D eigenvalue weighted by Gasteiger charge is 2.16. The average Bonchev–Trinajstić information content (AvgIpc) is 2.60. The van der Waals surface area contributed by atoms with E-state index in [0.717, 1.165) is 19.6 Å². The molecule has 1 aliphatic heterocycles. The van der Waals surface area contributed by atoms with Gasteiger partial charge in [0.1, 0.15) is 0 Å². The van der Waals surface area contributed by atoms with Crippen molar-refractivity contribution in [3.8, 4) is 0 Å². The highest BCUT2D eigenvalue weighted by molar-refractivity contribution is 7.89. The van der Waals surface area contributed by atoms with Crippen LogP contribution in [0.15, 0.2) is 41.8 Å². The summed E-state index contributed by atoms with van der Waals surface area (Å²) in [7, 11) is -3.56. The molecule has 0 saturated carbocycles. The maximum Gasteiger partial charge on any atom is 0.251 e. The first kappa shape index (κ1) is 19.6. The molecule has 1 saturated heterocycles. The summed E-state index contributed by atoms with van der Waals surface area (Å²) in [5.41, 5.74) is 0.453. The minimum Gasteiger partial charge on any atom is -0.351 e. The van der Waals surface area contributed by atoms with Gasteiger partial charge in [-0.25, -0.2) is 13.1 Å². The SMILES string of the molecule is C=CCNS(=O)(=O)c1ccc(C(=O)NCCN2CCC[C@@H](C)C2)cc1.